The first-order valence-electron chi connectivity index (χ1n) is 9.87. The number of hydrogen-bond donors (Lipinski definition) is 1. The molecule has 1 aliphatic rings. The highest BCUT2D eigenvalue weighted by molar-refractivity contribution is 7.17. The predicted molar refractivity (Wildman–Crippen MR) is 114 cm³/mol. The lowest BCUT2D eigenvalue weighted by molar-refractivity contribution is 0.0601. The number of furan rings is 1. The molecule has 0 radical (unpaired) electrons. The van der Waals surface area contributed by atoms with Crippen molar-refractivity contribution in [1.82, 2.24) is 0 Å². The molecule has 6 nitrogen and oxygen atoms in total. The lowest BCUT2D eigenvalue weighted by atomic mass is 9.95. The average molecular weight is 426 g/mol. The number of esters is 1. The number of ether oxygens (including phenoxy) is 2. The van der Waals surface area contributed by atoms with Gasteiger partial charge >= 0.3 is 5.97 Å². The monoisotopic (exact) mass is 425 g/mol. The third kappa shape index (κ3) is 4.26. The van der Waals surface area contributed by atoms with Crippen LogP contribution in [0.4, 0.5) is 5.00 Å². The van der Waals surface area contributed by atoms with Crippen molar-refractivity contribution in [2.45, 2.75) is 39.2 Å². The lowest BCUT2D eigenvalue weighted by Gasteiger charge is -2.11. The van der Waals surface area contributed by atoms with Crippen LogP contribution in [0.5, 0.6) is 5.75 Å². The quantitative estimate of drug-likeness (QED) is 0.553. The van der Waals surface area contributed by atoms with Crippen LogP contribution in [0.3, 0.4) is 0 Å². The molecule has 0 aliphatic heterocycles. The van der Waals surface area contributed by atoms with Gasteiger partial charge in [-0.2, -0.15) is 0 Å². The van der Waals surface area contributed by atoms with E-state index in [1.165, 1.54) is 18.4 Å². The van der Waals surface area contributed by atoms with Crippen LogP contribution >= 0.6 is 11.3 Å². The van der Waals surface area contributed by atoms with E-state index in [9.17, 15) is 9.59 Å². The third-order valence-corrected chi connectivity index (χ3v) is 6.28. The van der Waals surface area contributed by atoms with Gasteiger partial charge in [-0.1, -0.05) is 17.7 Å². The normalized spacial score (nSPS) is 12.9. The Bertz CT molecular complexity index is 1060. The van der Waals surface area contributed by atoms with Gasteiger partial charge in [-0.05, 0) is 62.4 Å². The number of amides is 1. The van der Waals surface area contributed by atoms with E-state index in [0.717, 1.165) is 47.4 Å². The maximum absolute atomic E-state index is 12.7. The fraction of sp³-hybridized carbons (Fsp3) is 0.304. The summed E-state index contributed by atoms with van der Waals surface area (Å²) in [6, 6.07) is 11.0. The van der Waals surface area contributed by atoms with Crippen LogP contribution < -0.4 is 10.1 Å². The number of fused-ring (bicyclic) bond motifs is 1. The van der Waals surface area contributed by atoms with E-state index in [2.05, 4.69) is 5.32 Å². The summed E-state index contributed by atoms with van der Waals surface area (Å²) in [5, 5.41) is 3.36. The Balaban J connectivity index is 1.46. The highest BCUT2D eigenvalue weighted by Crippen LogP contribution is 2.38. The highest BCUT2D eigenvalue weighted by Gasteiger charge is 2.27. The van der Waals surface area contributed by atoms with Crippen molar-refractivity contribution in [3.63, 3.8) is 0 Å². The van der Waals surface area contributed by atoms with Gasteiger partial charge in [-0.15, -0.1) is 11.3 Å². The Morgan fingerprint density at radius 1 is 1.10 bits per heavy atom. The summed E-state index contributed by atoms with van der Waals surface area (Å²) in [6.45, 7) is 2.23. The minimum atomic E-state index is -0.420. The molecule has 0 atom stereocenters. The van der Waals surface area contributed by atoms with Gasteiger partial charge in [0, 0.05) is 4.88 Å². The van der Waals surface area contributed by atoms with Crippen LogP contribution in [-0.4, -0.2) is 19.0 Å². The maximum Gasteiger partial charge on any atom is 0.341 e. The molecular weight excluding hydrogens is 402 g/mol. The summed E-state index contributed by atoms with van der Waals surface area (Å²) in [5.41, 5.74) is 2.63. The van der Waals surface area contributed by atoms with Gasteiger partial charge in [0.15, 0.2) is 5.76 Å². The van der Waals surface area contributed by atoms with Gasteiger partial charge in [-0.25, -0.2) is 4.79 Å². The van der Waals surface area contributed by atoms with E-state index in [1.54, 1.807) is 12.1 Å². The molecule has 0 spiro atoms. The zero-order valence-corrected chi connectivity index (χ0v) is 17.8. The molecule has 0 bridgehead atoms. The molecule has 1 amide bonds. The van der Waals surface area contributed by atoms with Crippen LogP contribution in [0.25, 0.3) is 0 Å². The van der Waals surface area contributed by atoms with Crippen molar-refractivity contribution in [3.8, 4) is 5.75 Å². The Labute approximate surface area is 178 Å². The predicted octanol–water partition coefficient (Wildman–Crippen LogP) is 5.15. The molecule has 7 heteroatoms. The SMILES string of the molecule is COC(=O)c1c(NC(=O)c2ccc(COc3ccc(C)cc3)o2)sc2c1CCCC2. The molecule has 2 aromatic heterocycles. The van der Waals surface area contributed by atoms with E-state index >= 15 is 0 Å². The van der Waals surface area contributed by atoms with E-state index in [-0.39, 0.29) is 12.4 Å². The second kappa shape index (κ2) is 8.75. The molecule has 0 fully saturated rings. The number of benzene rings is 1. The van der Waals surface area contributed by atoms with E-state index in [0.29, 0.717) is 16.3 Å². The van der Waals surface area contributed by atoms with Gasteiger partial charge in [0.2, 0.25) is 0 Å². The zero-order chi connectivity index (χ0) is 21.1. The number of aryl methyl sites for hydroxylation is 2. The maximum atomic E-state index is 12.7. The van der Waals surface area contributed by atoms with Gasteiger partial charge in [0.25, 0.3) is 5.91 Å². The minimum absolute atomic E-state index is 0.166. The van der Waals surface area contributed by atoms with Crippen molar-refractivity contribution in [3.05, 3.63) is 69.5 Å². The third-order valence-electron chi connectivity index (χ3n) is 5.08. The van der Waals surface area contributed by atoms with Crippen LogP contribution in [0.1, 0.15) is 55.5 Å². The summed E-state index contributed by atoms with van der Waals surface area (Å²) < 4.78 is 16.3. The van der Waals surface area contributed by atoms with Crippen LogP contribution in [0.15, 0.2) is 40.8 Å². The van der Waals surface area contributed by atoms with Crippen LogP contribution in [0.2, 0.25) is 0 Å². The van der Waals surface area contributed by atoms with Crippen LogP contribution in [-0.2, 0) is 24.2 Å². The van der Waals surface area contributed by atoms with E-state index in [4.69, 9.17) is 13.9 Å². The zero-order valence-electron chi connectivity index (χ0n) is 16.9. The highest BCUT2D eigenvalue weighted by atomic mass is 32.1. The Hall–Kier alpha value is -3.06. The number of hydrogen-bond acceptors (Lipinski definition) is 6. The largest absolute Gasteiger partial charge is 0.486 e. The standard InChI is InChI=1S/C23H23NO5S/c1-14-7-9-15(10-8-14)28-13-16-11-12-18(29-16)21(25)24-22-20(23(26)27-2)17-5-3-4-6-19(17)30-22/h7-12H,3-6,13H2,1-2H3,(H,24,25). The van der Waals surface area contributed by atoms with E-state index < -0.39 is 11.9 Å². The van der Waals surface area contributed by atoms with Crippen molar-refractivity contribution < 1.29 is 23.5 Å². The van der Waals surface area contributed by atoms with Crippen molar-refractivity contribution in [1.29, 1.82) is 0 Å². The minimum Gasteiger partial charge on any atom is -0.486 e. The molecule has 1 aromatic carbocycles. The van der Waals surface area contributed by atoms with Crippen molar-refractivity contribution in [2.75, 3.05) is 12.4 Å². The Kier molecular flexibility index (Phi) is 5.90. The number of nitrogens with one attached hydrogen (secondary N) is 1. The van der Waals surface area contributed by atoms with Crippen LogP contribution in [0, 0.1) is 6.92 Å². The number of thiophene rings is 1. The molecule has 0 unspecified atom stereocenters. The molecule has 3 aromatic rings. The molecule has 1 aliphatic carbocycles. The Morgan fingerprint density at radius 2 is 1.87 bits per heavy atom. The van der Waals surface area contributed by atoms with Crippen molar-refractivity contribution >= 4 is 28.2 Å². The van der Waals surface area contributed by atoms with Gasteiger partial charge < -0.3 is 19.2 Å². The number of carbonyl (C=O) groups is 2. The summed E-state index contributed by atoms with van der Waals surface area (Å²) >= 11 is 1.44. The molecule has 30 heavy (non-hydrogen) atoms. The second-order valence-electron chi connectivity index (χ2n) is 7.23. The average Bonchev–Trinajstić information content (AvgIpc) is 3.37. The molecule has 156 valence electrons. The molecular formula is C23H23NO5S. The fourth-order valence-corrected chi connectivity index (χ4v) is 4.78. The summed E-state index contributed by atoms with van der Waals surface area (Å²) in [4.78, 5) is 26.2. The van der Waals surface area contributed by atoms with E-state index in [1.807, 2.05) is 31.2 Å². The number of carbonyl (C=O) groups excluding carboxylic acids is 2. The Morgan fingerprint density at radius 3 is 2.63 bits per heavy atom. The number of rotatable bonds is 6. The lowest BCUT2D eigenvalue weighted by Crippen LogP contribution is -2.14. The number of anilines is 1. The van der Waals surface area contributed by atoms with Gasteiger partial charge in [-0.3, -0.25) is 4.79 Å². The van der Waals surface area contributed by atoms with Gasteiger partial charge in [0.1, 0.15) is 23.1 Å². The molecule has 0 saturated heterocycles. The topological polar surface area (TPSA) is 77.8 Å². The summed E-state index contributed by atoms with van der Waals surface area (Å²) in [7, 11) is 1.35. The summed E-state index contributed by atoms with van der Waals surface area (Å²) in [5.74, 6) is 0.616. The molecule has 2 heterocycles. The van der Waals surface area contributed by atoms with Gasteiger partial charge in [0.05, 0.1) is 12.7 Å². The smallest absolute Gasteiger partial charge is 0.341 e. The van der Waals surface area contributed by atoms with Crippen molar-refractivity contribution in [2.24, 2.45) is 0 Å². The first kappa shape index (κ1) is 20.2. The molecule has 0 saturated carbocycles. The first-order valence-corrected chi connectivity index (χ1v) is 10.7. The fourth-order valence-electron chi connectivity index (χ4n) is 3.50. The molecule has 4 rings (SSSR count). The first-order chi connectivity index (χ1) is 14.5. The summed E-state index contributed by atoms with van der Waals surface area (Å²) in [6.07, 6.45) is 3.86. The second-order valence-corrected chi connectivity index (χ2v) is 8.33. The molecule has 1 N–H and O–H groups in total. The number of methoxy groups -OCH3 is 1.